The van der Waals surface area contributed by atoms with Crippen molar-refractivity contribution < 1.29 is 4.74 Å². The number of hydrogen-bond acceptors (Lipinski definition) is 2. The van der Waals surface area contributed by atoms with Crippen molar-refractivity contribution >= 4 is 21.8 Å². The SMILES string of the molecule is Cc1ccccc1Cc1nc2ccccc2n1CCOc1cccc2ccccc12. The highest BCUT2D eigenvalue weighted by molar-refractivity contribution is 5.88. The zero-order valence-corrected chi connectivity index (χ0v) is 17.1. The number of imidazole rings is 1. The molecule has 3 heteroatoms. The predicted octanol–water partition coefficient (Wildman–Crippen LogP) is 6.17. The maximum Gasteiger partial charge on any atom is 0.127 e. The summed E-state index contributed by atoms with van der Waals surface area (Å²) >= 11 is 0. The van der Waals surface area contributed by atoms with Crippen LogP contribution in [0.25, 0.3) is 21.8 Å². The van der Waals surface area contributed by atoms with Crippen molar-refractivity contribution in [2.24, 2.45) is 0 Å². The second kappa shape index (κ2) is 8.03. The standard InChI is InChI=1S/C27H24N2O/c1-20-9-2-3-11-22(20)19-27-28-24-14-6-7-15-25(24)29(27)17-18-30-26-16-8-12-21-10-4-5-13-23(21)26/h2-16H,17-19H2,1H3. The highest BCUT2D eigenvalue weighted by Gasteiger charge is 2.12. The summed E-state index contributed by atoms with van der Waals surface area (Å²) in [5.74, 6) is 2.00. The molecule has 0 atom stereocenters. The quantitative estimate of drug-likeness (QED) is 0.346. The number of hydrogen-bond donors (Lipinski definition) is 0. The molecule has 0 aliphatic rings. The molecule has 0 bridgehead atoms. The van der Waals surface area contributed by atoms with Crippen molar-refractivity contribution in [3.63, 3.8) is 0 Å². The summed E-state index contributed by atoms with van der Waals surface area (Å²) in [5.41, 5.74) is 4.79. The van der Waals surface area contributed by atoms with E-state index >= 15 is 0 Å². The monoisotopic (exact) mass is 392 g/mol. The van der Waals surface area contributed by atoms with Gasteiger partial charge in [0.1, 0.15) is 18.2 Å². The number of aryl methyl sites for hydroxylation is 1. The molecule has 5 rings (SSSR count). The van der Waals surface area contributed by atoms with E-state index in [1.54, 1.807) is 0 Å². The molecule has 0 aliphatic carbocycles. The molecule has 4 aromatic carbocycles. The summed E-state index contributed by atoms with van der Waals surface area (Å²) in [7, 11) is 0. The Labute approximate surface area is 176 Å². The summed E-state index contributed by atoms with van der Waals surface area (Å²) in [4.78, 5) is 4.93. The molecule has 0 saturated carbocycles. The topological polar surface area (TPSA) is 27.1 Å². The molecule has 0 amide bonds. The molecule has 148 valence electrons. The minimum atomic E-state index is 0.592. The lowest BCUT2D eigenvalue weighted by molar-refractivity contribution is 0.302. The molecule has 30 heavy (non-hydrogen) atoms. The van der Waals surface area contributed by atoms with E-state index in [2.05, 4.69) is 84.3 Å². The second-order valence-electron chi connectivity index (χ2n) is 7.60. The molecule has 3 nitrogen and oxygen atoms in total. The molecule has 0 saturated heterocycles. The van der Waals surface area contributed by atoms with Gasteiger partial charge in [-0.05, 0) is 41.6 Å². The van der Waals surface area contributed by atoms with Crippen LogP contribution in [0.3, 0.4) is 0 Å². The number of benzene rings is 4. The zero-order chi connectivity index (χ0) is 20.3. The van der Waals surface area contributed by atoms with E-state index in [-0.39, 0.29) is 0 Å². The van der Waals surface area contributed by atoms with Crippen molar-refractivity contribution in [2.45, 2.75) is 19.9 Å². The first-order valence-electron chi connectivity index (χ1n) is 10.4. The average Bonchev–Trinajstić information content (AvgIpc) is 3.13. The minimum Gasteiger partial charge on any atom is -0.491 e. The molecule has 0 spiro atoms. The molecule has 0 fully saturated rings. The third-order valence-corrected chi connectivity index (χ3v) is 5.67. The number of rotatable bonds is 6. The molecule has 5 aromatic rings. The van der Waals surface area contributed by atoms with Gasteiger partial charge in [0.25, 0.3) is 0 Å². The van der Waals surface area contributed by atoms with Crippen LogP contribution < -0.4 is 4.74 Å². The lowest BCUT2D eigenvalue weighted by Crippen LogP contribution is -2.12. The van der Waals surface area contributed by atoms with Crippen LogP contribution >= 0.6 is 0 Å². The number of aromatic nitrogens is 2. The lowest BCUT2D eigenvalue weighted by atomic mass is 10.1. The summed E-state index contributed by atoms with van der Waals surface area (Å²) in [6.45, 7) is 3.51. The normalized spacial score (nSPS) is 11.2. The number of nitrogens with zero attached hydrogens (tertiary/aromatic N) is 2. The van der Waals surface area contributed by atoms with Gasteiger partial charge in [-0.1, -0.05) is 72.8 Å². The van der Waals surface area contributed by atoms with Crippen LogP contribution in [0.2, 0.25) is 0 Å². The number of fused-ring (bicyclic) bond motifs is 2. The Morgan fingerprint density at radius 2 is 1.57 bits per heavy atom. The van der Waals surface area contributed by atoms with Crippen LogP contribution in [0.5, 0.6) is 5.75 Å². The van der Waals surface area contributed by atoms with Crippen LogP contribution in [0.15, 0.2) is 91.0 Å². The van der Waals surface area contributed by atoms with E-state index in [4.69, 9.17) is 9.72 Å². The van der Waals surface area contributed by atoms with Gasteiger partial charge in [-0.2, -0.15) is 0 Å². The van der Waals surface area contributed by atoms with Gasteiger partial charge in [-0.25, -0.2) is 4.98 Å². The first-order valence-corrected chi connectivity index (χ1v) is 10.4. The summed E-state index contributed by atoms with van der Waals surface area (Å²) < 4.78 is 8.52. The fourth-order valence-electron chi connectivity index (χ4n) is 4.06. The molecule has 0 radical (unpaired) electrons. The minimum absolute atomic E-state index is 0.592. The third kappa shape index (κ3) is 3.55. The third-order valence-electron chi connectivity index (χ3n) is 5.67. The number of para-hydroxylation sites is 2. The summed E-state index contributed by atoms with van der Waals surface area (Å²) in [5, 5.41) is 2.35. The van der Waals surface area contributed by atoms with Crippen molar-refractivity contribution in [3.05, 3.63) is 108 Å². The Morgan fingerprint density at radius 3 is 2.50 bits per heavy atom. The highest BCUT2D eigenvalue weighted by Crippen LogP contribution is 2.25. The Kier molecular flexibility index (Phi) is 4.94. The molecular weight excluding hydrogens is 368 g/mol. The van der Waals surface area contributed by atoms with Gasteiger partial charge < -0.3 is 9.30 Å². The maximum atomic E-state index is 6.22. The van der Waals surface area contributed by atoms with E-state index < -0.39 is 0 Å². The van der Waals surface area contributed by atoms with Gasteiger partial charge in [0, 0.05) is 11.8 Å². The van der Waals surface area contributed by atoms with Crippen molar-refractivity contribution in [1.29, 1.82) is 0 Å². The Hall–Kier alpha value is -3.59. The van der Waals surface area contributed by atoms with Gasteiger partial charge in [0.05, 0.1) is 17.6 Å². The molecule has 0 unspecified atom stereocenters. The van der Waals surface area contributed by atoms with E-state index in [1.807, 2.05) is 18.2 Å². The predicted molar refractivity (Wildman–Crippen MR) is 123 cm³/mol. The zero-order valence-electron chi connectivity index (χ0n) is 17.1. The largest absolute Gasteiger partial charge is 0.491 e. The van der Waals surface area contributed by atoms with Crippen LogP contribution in [0, 0.1) is 6.92 Å². The molecular formula is C27H24N2O. The first-order chi connectivity index (χ1) is 14.8. The maximum absolute atomic E-state index is 6.22. The van der Waals surface area contributed by atoms with Crippen molar-refractivity contribution in [2.75, 3.05) is 6.61 Å². The molecule has 0 aliphatic heterocycles. The van der Waals surface area contributed by atoms with E-state index in [0.29, 0.717) is 6.61 Å². The number of ether oxygens (including phenoxy) is 1. The van der Waals surface area contributed by atoms with E-state index in [0.717, 1.165) is 41.0 Å². The van der Waals surface area contributed by atoms with Crippen LogP contribution in [-0.2, 0) is 13.0 Å². The Balaban J connectivity index is 1.42. The average molecular weight is 393 g/mol. The first kappa shape index (κ1) is 18.4. The second-order valence-corrected chi connectivity index (χ2v) is 7.60. The van der Waals surface area contributed by atoms with Crippen LogP contribution in [-0.4, -0.2) is 16.2 Å². The lowest BCUT2D eigenvalue weighted by Gasteiger charge is -2.13. The Bertz CT molecular complexity index is 1310. The summed E-state index contributed by atoms with van der Waals surface area (Å²) in [6.07, 6.45) is 0.815. The van der Waals surface area contributed by atoms with Gasteiger partial charge in [0.15, 0.2) is 0 Å². The van der Waals surface area contributed by atoms with Gasteiger partial charge in [-0.15, -0.1) is 0 Å². The Morgan fingerprint density at radius 1 is 0.800 bits per heavy atom. The molecule has 1 heterocycles. The van der Waals surface area contributed by atoms with E-state index in [1.165, 1.54) is 16.5 Å². The van der Waals surface area contributed by atoms with Crippen LogP contribution in [0.1, 0.15) is 17.0 Å². The fraction of sp³-hybridized carbons (Fsp3) is 0.148. The van der Waals surface area contributed by atoms with E-state index in [9.17, 15) is 0 Å². The highest BCUT2D eigenvalue weighted by atomic mass is 16.5. The molecule has 0 N–H and O–H groups in total. The molecule has 1 aromatic heterocycles. The van der Waals surface area contributed by atoms with Gasteiger partial charge in [0.2, 0.25) is 0 Å². The van der Waals surface area contributed by atoms with Gasteiger partial charge >= 0.3 is 0 Å². The summed E-state index contributed by atoms with van der Waals surface area (Å²) in [6, 6.07) is 31.4. The van der Waals surface area contributed by atoms with Crippen LogP contribution in [0.4, 0.5) is 0 Å². The van der Waals surface area contributed by atoms with Crippen molar-refractivity contribution in [3.8, 4) is 5.75 Å². The van der Waals surface area contributed by atoms with Gasteiger partial charge in [-0.3, -0.25) is 0 Å². The fourth-order valence-corrected chi connectivity index (χ4v) is 4.06. The van der Waals surface area contributed by atoms with Crippen molar-refractivity contribution in [1.82, 2.24) is 9.55 Å². The smallest absolute Gasteiger partial charge is 0.127 e.